The molecule has 1 fully saturated rings. The Labute approximate surface area is 130 Å². The molecule has 1 saturated heterocycles. The van der Waals surface area contributed by atoms with E-state index in [-0.39, 0.29) is 11.0 Å². The molecule has 1 heterocycles. The van der Waals surface area contributed by atoms with Gasteiger partial charge in [0.25, 0.3) is 0 Å². The van der Waals surface area contributed by atoms with Crippen molar-refractivity contribution >= 4 is 33.0 Å². The quantitative estimate of drug-likeness (QED) is 0.851. The first-order valence-corrected chi connectivity index (χ1v) is 9.23. The fourth-order valence-corrected chi connectivity index (χ4v) is 4.33. The van der Waals surface area contributed by atoms with Gasteiger partial charge in [-0.2, -0.15) is 0 Å². The molecule has 0 radical (unpaired) electrons. The van der Waals surface area contributed by atoms with Crippen molar-refractivity contribution in [3.8, 4) is 0 Å². The fraction of sp³-hybridized carbons (Fsp3) is 0.571. The molecule has 0 saturated carbocycles. The first-order chi connectivity index (χ1) is 9.37. The second-order valence-electron chi connectivity index (χ2n) is 5.34. The van der Waals surface area contributed by atoms with Crippen LogP contribution in [0.5, 0.6) is 0 Å². The van der Waals surface area contributed by atoms with Crippen molar-refractivity contribution in [1.82, 2.24) is 4.90 Å². The highest BCUT2D eigenvalue weighted by atomic mass is 35.5. The second-order valence-corrected chi connectivity index (χ2v) is 8.75. The zero-order valence-corrected chi connectivity index (χ0v) is 13.8. The van der Waals surface area contributed by atoms with Crippen molar-refractivity contribution in [1.29, 1.82) is 0 Å². The Kier molecular flexibility index (Phi) is 5.35. The van der Waals surface area contributed by atoms with Gasteiger partial charge in [0.1, 0.15) is 0 Å². The Morgan fingerprint density at radius 1 is 1.20 bits per heavy atom. The summed E-state index contributed by atoms with van der Waals surface area (Å²) in [5.41, 5.74) is 1.09. The molecule has 0 bridgehead atoms. The highest BCUT2D eigenvalue weighted by molar-refractivity contribution is 7.92. The third kappa shape index (κ3) is 4.35. The monoisotopic (exact) mass is 335 g/mol. The van der Waals surface area contributed by atoms with Gasteiger partial charge in [0, 0.05) is 23.1 Å². The second kappa shape index (κ2) is 6.65. The van der Waals surface area contributed by atoms with Crippen LogP contribution in [0.25, 0.3) is 0 Å². The van der Waals surface area contributed by atoms with Crippen LogP contribution in [0.1, 0.15) is 18.9 Å². The molecule has 1 aliphatic rings. The highest BCUT2D eigenvalue weighted by Crippen LogP contribution is 2.20. The van der Waals surface area contributed by atoms with Gasteiger partial charge in [-0.25, -0.2) is 8.42 Å². The average molecular weight is 336 g/mol. The predicted molar refractivity (Wildman–Crippen MR) is 84.5 cm³/mol. The third-order valence-corrected chi connectivity index (χ3v) is 6.45. The van der Waals surface area contributed by atoms with Crippen molar-refractivity contribution in [2.45, 2.75) is 25.0 Å². The van der Waals surface area contributed by atoms with E-state index in [1.807, 2.05) is 12.1 Å². The molecule has 1 aromatic carbocycles. The Balaban J connectivity index is 1.94. The first kappa shape index (κ1) is 16.1. The summed E-state index contributed by atoms with van der Waals surface area (Å²) >= 11 is 12.0. The van der Waals surface area contributed by atoms with Crippen LogP contribution in [0.15, 0.2) is 18.2 Å². The van der Waals surface area contributed by atoms with Gasteiger partial charge < -0.3 is 4.90 Å². The molecular weight excluding hydrogens is 317 g/mol. The predicted octanol–water partition coefficient (Wildman–Crippen LogP) is 3.04. The van der Waals surface area contributed by atoms with Crippen LogP contribution in [0.3, 0.4) is 0 Å². The number of halogens is 2. The van der Waals surface area contributed by atoms with Crippen LogP contribution in [0, 0.1) is 0 Å². The Morgan fingerprint density at radius 2 is 1.85 bits per heavy atom. The Morgan fingerprint density at radius 3 is 2.50 bits per heavy atom. The van der Waals surface area contributed by atoms with Gasteiger partial charge in [0.15, 0.2) is 9.84 Å². The summed E-state index contributed by atoms with van der Waals surface area (Å²) in [6.07, 6.45) is 1.54. The van der Waals surface area contributed by atoms with Crippen LogP contribution >= 0.6 is 23.2 Å². The molecule has 0 aliphatic carbocycles. The van der Waals surface area contributed by atoms with E-state index in [0.29, 0.717) is 23.0 Å². The molecule has 112 valence electrons. The smallest absolute Gasteiger partial charge is 0.154 e. The lowest BCUT2D eigenvalue weighted by Crippen LogP contribution is -2.29. The molecule has 3 nitrogen and oxygen atoms in total. The summed E-state index contributed by atoms with van der Waals surface area (Å²) in [4.78, 5) is 2.20. The zero-order valence-electron chi connectivity index (χ0n) is 11.5. The molecule has 0 N–H and O–H groups in total. The van der Waals surface area contributed by atoms with Gasteiger partial charge >= 0.3 is 0 Å². The molecule has 1 aromatic rings. The molecule has 0 aromatic heterocycles. The first-order valence-electron chi connectivity index (χ1n) is 6.76. The minimum absolute atomic E-state index is 0.229. The Hall–Kier alpha value is -0.290. The number of hydrogen-bond donors (Lipinski definition) is 0. The maximum absolute atomic E-state index is 11.8. The van der Waals surface area contributed by atoms with Gasteiger partial charge in [-0.15, -0.1) is 0 Å². The number of rotatable bonds is 3. The number of hydrogen-bond acceptors (Lipinski definition) is 3. The van der Waals surface area contributed by atoms with Crippen molar-refractivity contribution in [2.24, 2.45) is 0 Å². The molecule has 6 heteroatoms. The van der Waals surface area contributed by atoms with E-state index < -0.39 is 9.84 Å². The van der Waals surface area contributed by atoms with Gasteiger partial charge in [-0.1, -0.05) is 23.2 Å². The van der Waals surface area contributed by atoms with E-state index in [1.54, 1.807) is 13.0 Å². The summed E-state index contributed by atoms with van der Waals surface area (Å²) in [5, 5.41) is 1.05. The molecule has 1 aliphatic heterocycles. The van der Waals surface area contributed by atoms with Crippen molar-refractivity contribution in [2.75, 3.05) is 25.4 Å². The van der Waals surface area contributed by atoms with Crippen molar-refractivity contribution in [3.05, 3.63) is 33.8 Å². The van der Waals surface area contributed by atoms with Crippen LogP contribution < -0.4 is 0 Å². The number of sulfone groups is 1. The highest BCUT2D eigenvalue weighted by Gasteiger charge is 2.25. The third-order valence-electron chi connectivity index (χ3n) is 3.80. The van der Waals surface area contributed by atoms with Crippen molar-refractivity contribution < 1.29 is 8.42 Å². The SMILES string of the molecule is CC1CCN(CCc2cc(Cl)cc(Cl)c2)CCS1(=O)=O. The number of nitrogens with zero attached hydrogens (tertiary/aromatic N) is 1. The standard InChI is InChI=1S/C14H19Cl2NO2S/c1-11-2-4-17(6-7-20(11,18)19)5-3-12-8-13(15)10-14(16)9-12/h8-11H,2-7H2,1H3. The summed E-state index contributed by atoms with van der Waals surface area (Å²) in [6, 6.07) is 5.53. The van der Waals surface area contributed by atoms with Gasteiger partial charge in [-0.05, 0) is 50.1 Å². The summed E-state index contributed by atoms with van der Waals surface area (Å²) in [6.45, 7) is 4.07. The summed E-state index contributed by atoms with van der Waals surface area (Å²) < 4.78 is 23.7. The van der Waals surface area contributed by atoms with Crippen LogP contribution in [0.2, 0.25) is 10.0 Å². The topological polar surface area (TPSA) is 37.4 Å². The number of benzene rings is 1. The molecule has 1 unspecified atom stereocenters. The van der Waals surface area contributed by atoms with Crippen LogP contribution in [-0.4, -0.2) is 44.0 Å². The van der Waals surface area contributed by atoms with E-state index >= 15 is 0 Å². The lowest BCUT2D eigenvalue weighted by molar-refractivity contribution is 0.295. The van der Waals surface area contributed by atoms with E-state index in [2.05, 4.69) is 4.90 Å². The molecule has 0 amide bonds. The summed E-state index contributed by atoms with van der Waals surface area (Å²) in [5.74, 6) is 0.254. The maximum atomic E-state index is 11.8. The van der Waals surface area contributed by atoms with Gasteiger partial charge in [0.2, 0.25) is 0 Å². The fourth-order valence-electron chi connectivity index (χ4n) is 2.38. The lowest BCUT2D eigenvalue weighted by atomic mass is 10.1. The minimum Gasteiger partial charge on any atom is -0.302 e. The molecule has 0 spiro atoms. The Bertz CT molecular complexity index is 554. The molecule has 1 atom stereocenters. The largest absolute Gasteiger partial charge is 0.302 e. The van der Waals surface area contributed by atoms with Gasteiger partial charge in [0.05, 0.1) is 11.0 Å². The van der Waals surface area contributed by atoms with E-state index in [9.17, 15) is 8.42 Å². The maximum Gasteiger partial charge on any atom is 0.154 e. The van der Waals surface area contributed by atoms with E-state index in [0.717, 1.165) is 25.1 Å². The summed E-state index contributed by atoms with van der Waals surface area (Å²) in [7, 11) is -2.91. The normalized spacial score (nSPS) is 23.4. The molecule has 2 rings (SSSR count). The molecule has 20 heavy (non-hydrogen) atoms. The lowest BCUT2D eigenvalue weighted by Gasteiger charge is -2.19. The van der Waals surface area contributed by atoms with E-state index in [1.165, 1.54) is 0 Å². The van der Waals surface area contributed by atoms with Crippen LogP contribution in [-0.2, 0) is 16.3 Å². The molecular formula is C14H19Cl2NO2S. The van der Waals surface area contributed by atoms with Crippen molar-refractivity contribution in [3.63, 3.8) is 0 Å². The minimum atomic E-state index is -2.91. The van der Waals surface area contributed by atoms with Gasteiger partial charge in [-0.3, -0.25) is 0 Å². The zero-order chi connectivity index (χ0) is 14.8. The van der Waals surface area contributed by atoms with Crippen LogP contribution in [0.4, 0.5) is 0 Å². The average Bonchev–Trinajstić information content (AvgIpc) is 2.47. The van der Waals surface area contributed by atoms with E-state index in [4.69, 9.17) is 23.2 Å².